The topological polar surface area (TPSA) is 0 Å². The van der Waals surface area contributed by atoms with Crippen molar-refractivity contribution >= 4 is 0 Å². The van der Waals surface area contributed by atoms with Gasteiger partial charge in [0, 0.05) is 0 Å². The fourth-order valence-electron chi connectivity index (χ4n) is 3.27. The summed E-state index contributed by atoms with van der Waals surface area (Å²) >= 11 is 0. The molecular weight excluding hydrogens is 144 g/mol. The van der Waals surface area contributed by atoms with Crippen LogP contribution in [0.5, 0.6) is 0 Å². The summed E-state index contributed by atoms with van der Waals surface area (Å²) in [5.41, 5.74) is 0.759. The third-order valence-electron chi connectivity index (χ3n) is 4.08. The molecule has 0 amide bonds. The van der Waals surface area contributed by atoms with Gasteiger partial charge in [0.15, 0.2) is 0 Å². The lowest BCUT2D eigenvalue weighted by molar-refractivity contribution is 0.287. The van der Waals surface area contributed by atoms with Gasteiger partial charge < -0.3 is 0 Å². The Balaban J connectivity index is 1.98. The largest absolute Gasteiger partial charge is 0.0596 e. The van der Waals surface area contributed by atoms with E-state index in [1.807, 2.05) is 0 Å². The van der Waals surface area contributed by atoms with Gasteiger partial charge in [-0.15, -0.1) is 0 Å². The number of fused-ring (bicyclic) bond motifs is 2. The van der Waals surface area contributed by atoms with E-state index in [0.29, 0.717) is 0 Å². The van der Waals surface area contributed by atoms with Crippen molar-refractivity contribution in [2.24, 2.45) is 11.3 Å². The summed E-state index contributed by atoms with van der Waals surface area (Å²) in [6.07, 6.45) is 13.7. The van der Waals surface area contributed by atoms with Crippen molar-refractivity contribution in [3.8, 4) is 0 Å². The minimum Gasteiger partial charge on any atom is -0.0596 e. The normalized spacial score (nSPS) is 43.2. The van der Waals surface area contributed by atoms with Crippen molar-refractivity contribution in [3.05, 3.63) is 0 Å². The summed E-state index contributed by atoms with van der Waals surface area (Å²) in [5.74, 6) is 1.10. The SMILES string of the molecule is CC12CCCCCCC(CC1)C2. The third-order valence-corrected chi connectivity index (χ3v) is 4.08. The van der Waals surface area contributed by atoms with Gasteiger partial charge in [-0.2, -0.15) is 0 Å². The standard InChI is InChI=1S/C12H22/c1-12-8-5-3-2-4-6-11(10-12)7-9-12/h11H,2-10H2,1H3. The molecule has 2 fully saturated rings. The van der Waals surface area contributed by atoms with Crippen LogP contribution in [0.3, 0.4) is 0 Å². The molecule has 12 heavy (non-hydrogen) atoms. The van der Waals surface area contributed by atoms with Crippen LogP contribution in [-0.2, 0) is 0 Å². The van der Waals surface area contributed by atoms with E-state index in [4.69, 9.17) is 0 Å². The van der Waals surface area contributed by atoms with E-state index in [0.717, 1.165) is 11.3 Å². The Hall–Kier alpha value is 0. The van der Waals surface area contributed by atoms with E-state index in [1.54, 1.807) is 6.42 Å². The minimum atomic E-state index is 0.759. The Bertz CT molecular complexity index is 150. The predicted octanol–water partition coefficient (Wildman–Crippen LogP) is 4.15. The van der Waals surface area contributed by atoms with Crippen LogP contribution >= 0.6 is 0 Å². The van der Waals surface area contributed by atoms with E-state index in [1.165, 1.54) is 51.4 Å². The van der Waals surface area contributed by atoms with Crippen LogP contribution in [0.4, 0.5) is 0 Å². The molecule has 0 heteroatoms. The van der Waals surface area contributed by atoms with E-state index in [2.05, 4.69) is 6.92 Å². The third kappa shape index (κ3) is 1.84. The molecule has 2 atom stereocenters. The van der Waals surface area contributed by atoms with Crippen molar-refractivity contribution in [3.63, 3.8) is 0 Å². The molecule has 2 bridgehead atoms. The molecule has 0 N–H and O–H groups in total. The molecule has 2 rings (SSSR count). The van der Waals surface area contributed by atoms with Gasteiger partial charge in [-0.25, -0.2) is 0 Å². The molecule has 2 aliphatic carbocycles. The highest BCUT2D eigenvalue weighted by atomic mass is 14.4. The lowest BCUT2D eigenvalue weighted by atomic mass is 9.83. The summed E-state index contributed by atoms with van der Waals surface area (Å²) in [5, 5.41) is 0. The van der Waals surface area contributed by atoms with Crippen molar-refractivity contribution in [1.29, 1.82) is 0 Å². The van der Waals surface area contributed by atoms with Gasteiger partial charge in [-0.3, -0.25) is 0 Å². The monoisotopic (exact) mass is 166 g/mol. The zero-order valence-electron chi connectivity index (χ0n) is 8.44. The second-order valence-corrected chi connectivity index (χ2v) is 5.37. The quantitative estimate of drug-likeness (QED) is 0.507. The van der Waals surface area contributed by atoms with Gasteiger partial charge in [0.1, 0.15) is 0 Å². The van der Waals surface area contributed by atoms with Gasteiger partial charge in [0.25, 0.3) is 0 Å². The second kappa shape index (κ2) is 3.40. The molecule has 0 aromatic carbocycles. The summed E-state index contributed by atoms with van der Waals surface area (Å²) in [7, 11) is 0. The van der Waals surface area contributed by atoms with Crippen molar-refractivity contribution in [2.75, 3.05) is 0 Å². The maximum absolute atomic E-state index is 2.53. The van der Waals surface area contributed by atoms with Crippen LogP contribution < -0.4 is 0 Å². The summed E-state index contributed by atoms with van der Waals surface area (Å²) in [6.45, 7) is 2.53. The summed E-state index contributed by atoms with van der Waals surface area (Å²) < 4.78 is 0. The number of hydrogen-bond acceptors (Lipinski definition) is 0. The van der Waals surface area contributed by atoms with Crippen LogP contribution in [0.1, 0.15) is 64.7 Å². The molecule has 0 heterocycles. The van der Waals surface area contributed by atoms with Crippen molar-refractivity contribution in [1.82, 2.24) is 0 Å². The van der Waals surface area contributed by atoms with Crippen LogP contribution in [0.15, 0.2) is 0 Å². The Morgan fingerprint density at radius 2 is 1.75 bits per heavy atom. The molecule has 2 unspecified atom stereocenters. The van der Waals surface area contributed by atoms with Crippen LogP contribution in [0, 0.1) is 11.3 Å². The smallest absolute Gasteiger partial charge is 0.0323 e. The Morgan fingerprint density at radius 1 is 0.917 bits per heavy atom. The number of hydrogen-bond donors (Lipinski definition) is 0. The fourth-order valence-corrected chi connectivity index (χ4v) is 3.27. The molecular formula is C12H22. The molecule has 0 aliphatic heterocycles. The van der Waals surface area contributed by atoms with Gasteiger partial charge in [0.05, 0.1) is 0 Å². The zero-order chi connectivity index (χ0) is 8.44. The molecule has 2 aliphatic rings. The summed E-state index contributed by atoms with van der Waals surface area (Å²) in [6, 6.07) is 0. The first-order chi connectivity index (χ1) is 5.79. The average Bonchev–Trinajstić information content (AvgIpc) is 2.44. The minimum absolute atomic E-state index is 0.759. The van der Waals surface area contributed by atoms with Crippen molar-refractivity contribution in [2.45, 2.75) is 64.7 Å². The summed E-state index contributed by atoms with van der Waals surface area (Å²) in [4.78, 5) is 0. The molecule has 0 nitrogen and oxygen atoms in total. The maximum Gasteiger partial charge on any atom is -0.0323 e. The van der Waals surface area contributed by atoms with Crippen molar-refractivity contribution < 1.29 is 0 Å². The molecule has 70 valence electrons. The Labute approximate surface area is 76.7 Å². The first-order valence-corrected chi connectivity index (χ1v) is 5.79. The maximum atomic E-state index is 2.53. The number of rotatable bonds is 0. The zero-order valence-corrected chi connectivity index (χ0v) is 8.44. The van der Waals surface area contributed by atoms with Crippen LogP contribution in [0.2, 0.25) is 0 Å². The molecule has 2 saturated carbocycles. The molecule has 0 aromatic rings. The first-order valence-electron chi connectivity index (χ1n) is 5.79. The highest BCUT2D eigenvalue weighted by molar-refractivity contribution is 4.86. The lowest BCUT2D eigenvalue weighted by Crippen LogP contribution is -2.10. The fraction of sp³-hybridized carbons (Fsp3) is 1.00. The Kier molecular flexibility index (Phi) is 2.43. The van der Waals surface area contributed by atoms with E-state index in [-0.39, 0.29) is 0 Å². The van der Waals surface area contributed by atoms with Gasteiger partial charge >= 0.3 is 0 Å². The highest BCUT2D eigenvalue weighted by Gasteiger charge is 2.34. The van der Waals surface area contributed by atoms with Crippen LogP contribution in [0.25, 0.3) is 0 Å². The first kappa shape index (κ1) is 8.59. The van der Waals surface area contributed by atoms with Gasteiger partial charge in [-0.1, -0.05) is 39.0 Å². The van der Waals surface area contributed by atoms with Gasteiger partial charge in [-0.05, 0) is 37.0 Å². The molecule has 0 spiro atoms. The van der Waals surface area contributed by atoms with E-state index < -0.39 is 0 Å². The molecule has 0 radical (unpaired) electrons. The van der Waals surface area contributed by atoms with Gasteiger partial charge in [0.2, 0.25) is 0 Å². The molecule has 0 saturated heterocycles. The van der Waals surface area contributed by atoms with E-state index in [9.17, 15) is 0 Å². The average molecular weight is 166 g/mol. The Morgan fingerprint density at radius 3 is 2.67 bits per heavy atom. The highest BCUT2D eigenvalue weighted by Crippen LogP contribution is 2.47. The van der Waals surface area contributed by atoms with Crippen LogP contribution in [-0.4, -0.2) is 0 Å². The van der Waals surface area contributed by atoms with E-state index >= 15 is 0 Å². The predicted molar refractivity (Wildman–Crippen MR) is 53.2 cm³/mol. The second-order valence-electron chi connectivity index (χ2n) is 5.37. The molecule has 0 aromatic heterocycles. The lowest BCUT2D eigenvalue weighted by Gasteiger charge is -2.23.